The number of ketones is 1. The summed E-state index contributed by atoms with van der Waals surface area (Å²) in [7, 11) is -8.44. The summed E-state index contributed by atoms with van der Waals surface area (Å²) in [6, 6.07) is 16.8. The molecule has 0 bridgehead atoms. The lowest BCUT2D eigenvalue weighted by Gasteiger charge is -2.32. The summed E-state index contributed by atoms with van der Waals surface area (Å²) in [5, 5.41) is 12.4. The van der Waals surface area contributed by atoms with Crippen LogP contribution in [0.15, 0.2) is 82.6 Å². The lowest BCUT2D eigenvalue weighted by atomic mass is 9.78. The van der Waals surface area contributed by atoms with E-state index in [1.54, 1.807) is 51.1 Å². The highest BCUT2D eigenvalue weighted by Gasteiger charge is 2.50. The second kappa shape index (κ2) is 20.3. The Morgan fingerprint density at radius 1 is 0.698 bits per heavy atom. The number of halogens is 1. The van der Waals surface area contributed by atoms with E-state index < -0.39 is 46.7 Å². The van der Waals surface area contributed by atoms with Crippen molar-refractivity contribution in [1.82, 2.24) is 0 Å². The zero-order valence-electron chi connectivity index (χ0n) is 31.6. The molecule has 1 amide bonds. The fourth-order valence-corrected chi connectivity index (χ4v) is 9.23. The van der Waals surface area contributed by atoms with Crippen LogP contribution >= 0.6 is 11.6 Å². The molecule has 0 aliphatic rings. The van der Waals surface area contributed by atoms with Gasteiger partial charge in [-0.15, -0.1) is 0 Å². The second-order valence-electron chi connectivity index (χ2n) is 14.8. The molecule has 0 spiro atoms. The average molecular weight is 790 g/mol. The lowest BCUT2D eigenvalue weighted by molar-refractivity contribution is -0.135. The number of para-hydroxylation sites is 1. The number of sulfonamides is 1. The molecule has 3 rings (SSSR count). The molecule has 3 N–H and O–H groups in total. The third-order valence-corrected chi connectivity index (χ3v) is 12.9. The van der Waals surface area contributed by atoms with Gasteiger partial charge in [0.15, 0.2) is 5.78 Å². The monoisotopic (exact) mass is 788 g/mol. The van der Waals surface area contributed by atoms with Crippen molar-refractivity contribution in [1.29, 1.82) is 0 Å². The van der Waals surface area contributed by atoms with Gasteiger partial charge in [0, 0.05) is 11.1 Å². The number of carbonyl (C=O) groups is 2. The Bertz CT molecular complexity index is 1840. The number of hydrogen-bond donors (Lipinski definition) is 3. The van der Waals surface area contributed by atoms with Gasteiger partial charge in [0.05, 0.1) is 21.2 Å². The highest BCUT2D eigenvalue weighted by atomic mass is 35.5. The Hall–Kier alpha value is -3.41. The summed E-state index contributed by atoms with van der Waals surface area (Å²) in [6.07, 6.45) is 15.6. The first-order valence-corrected chi connectivity index (χ1v) is 22.3. The van der Waals surface area contributed by atoms with Gasteiger partial charge in [-0.25, -0.2) is 16.8 Å². The number of rotatable bonds is 23. The van der Waals surface area contributed by atoms with Crippen molar-refractivity contribution in [3.8, 4) is 5.75 Å². The normalized spacial score (nSPS) is 13.3. The van der Waals surface area contributed by atoms with E-state index in [9.17, 15) is 31.5 Å². The first-order chi connectivity index (χ1) is 25.0. The molecule has 0 aromatic heterocycles. The fourth-order valence-electron chi connectivity index (χ4n) is 6.14. The molecule has 0 aliphatic carbocycles. The number of benzene rings is 3. The topological polar surface area (TPSA) is 147 Å². The number of sulfone groups is 1. The summed E-state index contributed by atoms with van der Waals surface area (Å²) < 4.78 is 57.2. The van der Waals surface area contributed by atoms with Gasteiger partial charge in [-0.1, -0.05) is 147 Å². The van der Waals surface area contributed by atoms with Crippen molar-refractivity contribution in [3.63, 3.8) is 0 Å². The molecule has 0 saturated carbocycles. The molecule has 0 radical (unpaired) electrons. The van der Waals surface area contributed by atoms with Gasteiger partial charge < -0.3 is 10.4 Å². The quantitative estimate of drug-likeness (QED) is 0.0492. The third-order valence-electron chi connectivity index (χ3n) is 9.18. The van der Waals surface area contributed by atoms with Crippen LogP contribution < -0.4 is 10.0 Å². The third kappa shape index (κ3) is 13.1. The predicted molar refractivity (Wildman–Crippen MR) is 215 cm³/mol. The molecule has 292 valence electrons. The molecule has 1 unspecified atom stereocenters. The Morgan fingerprint density at radius 3 is 1.72 bits per heavy atom. The Kier molecular flexibility index (Phi) is 16.9. The Labute approximate surface area is 322 Å². The molecule has 0 saturated heterocycles. The lowest BCUT2D eigenvalue weighted by Crippen LogP contribution is -2.47. The van der Waals surface area contributed by atoms with Crippen LogP contribution in [-0.4, -0.2) is 39.4 Å². The molecule has 1 atom stereocenters. The molecule has 3 aromatic carbocycles. The minimum atomic E-state index is -4.35. The predicted octanol–water partition coefficient (Wildman–Crippen LogP) is 10.1. The van der Waals surface area contributed by atoms with Crippen LogP contribution in [0.5, 0.6) is 5.75 Å². The average Bonchev–Trinajstić information content (AvgIpc) is 3.11. The number of amides is 1. The Morgan fingerprint density at radius 2 is 1.21 bits per heavy atom. The molecule has 53 heavy (non-hydrogen) atoms. The molecule has 0 fully saturated rings. The number of aromatic hydroxyl groups is 1. The molecule has 9 nitrogen and oxygen atoms in total. The molecule has 0 aliphatic heterocycles. The maximum atomic E-state index is 13.9. The van der Waals surface area contributed by atoms with E-state index in [0.29, 0.717) is 18.5 Å². The highest BCUT2D eigenvalue weighted by Crippen LogP contribution is 2.41. The van der Waals surface area contributed by atoms with Crippen LogP contribution in [0.4, 0.5) is 11.4 Å². The number of carbonyl (C=O) groups excluding carboxylic acids is 2. The number of nitrogens with one attached hydrogen (secondary N) is 2. The van der Waals surface area contributed by atoms with E-state index >= 15 is 0 Å². The van der Waals surface area contributed by atoms with Crippen LogP contribution in [0.3, 0.4) is 0 Å². The summed E-state index contributed by atoms with van der Waals surface area (Å²) in [5.41, 5.74) is -1.20. The van der Waals surface area contributed by atoms with Crippen LogP contribution in [-0.2, 0) is 34.3 Å². The molecule has 12 heteroatoms. The summed E-state index contributed by atoms with van der Waals surface area (Å²) >= 11 is 7.03. The fraction of sp³-hybridized carbons (Fsp3) is 0.512. The van der Waals surface area contributed by atoms with Gasteiger partial charge in [-0.3, -0.25) is 14.3 Å². The van der Waals surface area contributed by atoms with Gasteiger partial charge in [0.25, 0.3) is 5.91 Å². The van der Waals surface area contributed by atoms with E-state index in [2.05, 4.69) is 17.0 Å². The van der Waals surface area contributed by atoms with Crippen molar-refractivity contribution < 1.29 is 31.5 Å². The van der Waals surface area contributed by atoms with Crippen LogP contribution in [0.2, 0.25) is 0 Å². The first kappa shape index (κ1) is 44.0. The first-order valence-electron chi connectivity index (χ1n) is 18.8. The molecular weight excluding hydrogens is 732 g/mol. The van der Waals surface area contributed by atoms with Crippen molar-refractivity contribution in [2.75, 3.05) is 15.8 Å². The van der Waals surface area contributed by atoms with Crippen molar-refractivity contribution in [2.24, 2.45) is 5.41 Å². The van der Waals surface area contributed by atoms with Gasteiger partial charge in [0.1, 0.15) is 5.75 Å². The van der Waals surface area contributed by atoms with Gasteiger partial charge in [-0.05, 0) is 60.5 Å². The van der Waals surface area contributed by atoms with Crippen LogP contribution in [0.25, 0.3) is 0 Å². The summed E-state index contributed by atoms with van der Waals surface area (Å²) in [4.78, 5) is 24.9. The van der Waals surface area contributed by atoms with Gasteiger partial charge in [0.2, 0.25) is 24.7 Å². The number of Topliss-reactive ketones (excluding diaryl/α,β-unsaturated/α-hetero) is 1. The van der Waals surface area contributed by atoms with E-state index in [1.165, 1.54) is 88.1 Å². The van der Waals surface area contributed by atoms with E-state index in [0.717, 1.165) is 31.4 Å². The van der Waals surface area contributed by atoms with Gasteiger partial charge >= 0.3 is 0 Å². The molecule has 0 heterocycles. The summed E-state index contributed by atoms with van der Waals surface area (Å²) in [6.45, 7) is 7.04. The smallest absolute Gasteiger partial charge is 0.257 e. The number of anilines is 2. The van der Waals surface area contributed by atoms with E-state index in [4.69, 9.17) is 11.6 Å². The number of unbranched alkanes of at least 4 members (excludes halogenated alkanes) is 13. The Balaban J connectivity index is 1.82. The summed E-state index contributed by atoms with van der Waals surface area (Å²) in [5.74, 6) is -1.96. The van der Waals surface area contributed by atoms with Crippen LogP contribution in [0, 0.1) is 5.41 Å². The molecule has 3 aromatic rings. The SMILES string of the molecule is CCCCCCCCCCCCCCCCS(=O)(=O)Nc1cc(C(Cl)(C(=O)Nc2ccccc2)C(=O)C(C)(C)C)ccc1S(=O)(=O)c1ccc(O)cc1. The number of phenols is 1. The van der Waals surface area contributed by atoms with E-state index in [-0.39, 0.29) is 27.6 Å². The van der Waals surface area contributed by atoms with Crippen molar-refractivity contribution in [2.45, 2.75) is 132 Å². The number of alkyl halides is 1. The number of hydrogen-bond acceptors (Lipinski definition) is 7. The van der Waals surface area contributed by atoms with Gasteiger partial charge in [-0.2, -0.15) is 0 Å². The largest absolute Gasteiger partial charge is 0.508 e. The zero-order valence-corrected chi connectivity index (χ0v) is 34.0. The van der Waals surface area contributed by atoms with Crippen molar-refractivity contribution in [3.05, 3.63) is 78.4 Å². The van der Waals surface area contributed by atoms with E-state index in [1.807, 2.05) is 0 Å². The minimum absolute atomic E-state index is 0.105. The van der Waals surface area contributed by atoms with Crippen molar-refractivity contribution >= 4 is 54.5 Å². The maximum absolute atomic E-state index is 13.9. The zero-order chi connectivity index (χ0) is 39.1. The minimum Gasteiger partial charge on any atom is -0.508 e. The highest BCUT2D eigenvalue weighted by molar-refractivity contribution is 7.93. The number of phenolic OH excluding ortho intramolecular Hbond substituents is 1. The van der Waals surface area contributed by atoms with Crippen LogP contribution in [0.1, 0.15) is 123 Å². The maximum Gasteiger partial charge on any atom is 0.257 e. The molecular formula is C41H57ClN2O7S2. The second-order valence-corrected chi connectivity index (χ2v) is 19.1. The standard InChI is InChI=1S/C41H57ClN2O7S2/c1-5-6-7-8-9-10-11-12-13-14-15-16-17-21-30-52(48,49)44-36-31-32(24-29-37(36)53(50,51)35-27-25-34(45)26-28-35)41(42,38(46)40(2,3)4)39(47)43-33-22-19-18-20-23-33/h18-20,22-29,31,44-45H,5-17,21,30H2,1-4H3,(H,43,47).